The van der Waals surface area contributed by atoms with Crippen LogP contribution in [0.25, 0.3) is 0 Å². The standard InChI is InChI=1S/C14H22N2/c1-12-4-6-13(7-5-12)14(8-9-15)16-10-2-3-11-16/h4-7,14H,2-3,8-11,15H2,1H3. The van der Waals surface area contributed by atoms with E-state index >= 15 is 0 Å². The fraction of sp³-hybridized carbons (Fsp3) is 0.571. The summed E-state index contributed by atoms with van der Waals surface area (Å²) in [5, 5.41) is 0. The number of benzene rings is 1. The molecule has 1 unspecified atom stereocenters. The van der Waals surface area contributed by atoms with Crippen LogP contribution in [0.5, 0.6) is 0 Å². The van der Waals surface area contributed by atoms with Gasteiger partial charge < -0.3 is 5.73 Å². The van der Waals surface area contributed by atoms with Gasteiger partial charge in [0, 0.05) is 6.04 Å². The van der Waals surface area contributed by atoms with Gasteiger partial charge in [-0.2, -0.15) is 0 Å². The zero-order valence-electron chi connectivity index (χ0n) is 10.2. The van der Waals surface area contributed by atoms with E-state index in [9.17, 15) is 0 Å². The summed E-state index contributed by atoms with van der Waals surface area (Å²) in [6.07, 6.45) is 3.75. The van der Waals surface area contributed by atoms with E-state index < -0.39 is 0 Å². The third-order valence-corrected chi connectivity index (χ3v) is 3.48. The highest BCUT2D eigenvalue weighted by Crippen LogP contribution is 2.27. The number of hydrogen-bond acceptors (Lipinski definition) is 2. The molecule has 2 rings (SSSR count). The molecule has 1 fully saturated rings. The predicted molar refractivity (Wildman–Crippen MR) is 68.4 cm³/mol. The van der Waals surface area contributed by atoms with Gasteiger partial charge in [0.2, 0.25) is 0 Å². The molecule has 1 atom stereocenters. The van der Waals surface area contributed by atoms with Crippen LogP contribution in [-0.4, -0.2) is 24.5 Å². The van der Waals surface area contributed by atoms with Gasteiger partial charge in [-0.3, -0.25) is 4.90 Å². The SMILES string of the molecule is Cc1ccc(C(CCN)N2CCCC2)cc1. The average Bonchev–Trinajstić information content (AvgIpc) is 2.81. The van der Waals surface area contributed by atoms with Gasteiger partial charge in [0.25, 0.3) is 0 Å². The molecule has 1 aromatic carbocycles. The Morgan fingerprint density at radius 1 is 1.19 bits per heavy atom. The molecule has 2 heteroatoms. The van der Waals surface area contributed by atoms with E-state index in [2.05, 4.69) is 36.1 Å². The van der Waals surface area contributed by atoms with E-state index in [1.165, 1.54) is 37.1 Å². The first-order valence-electron chi connectivity index (χ1n) is 6.32. The van der Waals surface area contributed by atoms with E-state index in [0.717, 1.165) is 13.0 Å². The van der Waals surface area contributed by atoms with Crippen LogP contribution in [0.3, 0.4) is 0 Å². The van der Waals surface area contributed by atoms with Gasteiger partial charge >= 0.3 is 0 Å². The van der Waals surface area contributed by atoms with E-state index in [-0.39, 0.29) is 0 Å². The number of nitrogens with two attached hydrogens (primary N) is 1. The van der Waals surface area contributed by atoms with Gasteiger partial charge in [-0.05, 0) is 51.4 Å². The second-order valence-corrected chi connectivity index (χ2v) is 4.75. The highest BCUT2D eigenvalue weighted by molar-refractivity contribution is 5.24. The van der Waals surface area contributed by atoms with E-state index in [1.54, 1.807) is 0 Å². The Morgan fingerprint density at radius 3 is 2.38 bits per heavy atom. The van der Waals surface area contributed by atoms with Crippen molar-refractivity contribution < 1.29 is 0 Å². The lowest BCUT2D eigenvalue weighted by atomic mass is 10.0. The molecular weight excluding hydrogens is 196 g/mol. The summed E-state index contributed by atoms with van der Waals surface area (Å²) in [7, 11) is 0. The maximum Gasteiger partial charge on any atom is 0.0360 e. The average molecular weight is 218 g/mol. The second-order valence-electron chi connectivity index (χ2n) is 4.75. The Labute approximate surface area is 98.4 Å². The van der Waals surface area contributed by atoms with Gasteiger partial charge in [0.1, 0.15) is 0 Å². The van der Waals surface area contributed by atoms with Gasteiger partial charge in [-0.15, -0.1) is 0 Å². The van der Waals surface area contributed by atoms with Crippen molar-refractivity contribution in [3.05, 3.63) is 35.4 Å². The molecule has 0 saturated carbocycles. The topological polar surface area (TPSA) is 29.3 Å². The number of aryl methyl sites for hydroxylation is 1. The second kappa shape index (κ2) is 5.46. The van der Waals surface area contributed by atoms with Crippen LogP contribution >= 0.6 is 0 Å². The van der Waals surface area contributed by atoms with Crippen molar-refractivity contribution in [2.75, 3.05) is 19.6 Å². The maximum atomic E-state index is 5.74. The molecule has 2 N–H and O–H groups in total. The molecule has 1 aliphatic heterocycles. The van der Waals surface area contributed by atoms with Crippen molar-refractivity contribution in [3.63, 3.8) is 0 Å². The zero-order chi connectivity index (χ0) is 11.4. The quantitative estimate of drug-likeness (QED) is 0.841. The lowest BCUT2D eigenvalue weighted by molar-refractivity contribution is 0.236. The highest BCUT2D eigenvalue weighted by Gasteiger charge is 2.22. The highest BCUT2D eigenvalue weighted by atomic mass is 15.2. The van der Waals surface area contributed by atoms with Gasteiger partial charge in [-0.25, -0.2) is 0 Å². The normalized spacial score (nSPS) is 18.9. The third kappa shape index (κ3) is 2.63. The summed E-state index contributed by atoms with van der Waals surface area (Å²) in [6, 6.07) is 9.46. The fourth-order valence-corrected chi connectivity index (χ4v) is 2.56. The molecule has 88 valence electrons. The van der Waals surface area contributed by atoms with Crippen LogP contribution in [-0.2, 0) is 0 Å². The van der Waals surface area contributed by atoms with Crippen molar-refractivity contribution in [1.29, 1.82) is 0 Å². The monoisotopic (exact) mass is 218 g/mol. The van der Waals surface area contributed by atoms with Crippen molar-refractivity contribution in [2.45, 2.75) is 32.2 Å². The Balaban J connectivity index is 2.14. The molecule has 1 saturated heterocycles. The van der Waals surface area contributed by atoms with E-state index in [0.29, 0.717) is 6.04 Å². The minimum absolute atomic E-state index is 0.535. The molecule has 0 aromatic heterocycles. The van der Waals surface area contributed by atoms with Gasteiger partial charge in [0.15, 0.2) is 0 Å². The maximum absolute atomic E-state index is 5.74. The van der Waals surface area contributed by atoms with Crippen molar-refractivity contribution >= 4 is 0 Å². The first-order valence-corrected chi connectivity index (χ1v) is 6.32. The Hall–Kier alpha value is -0.860. The summed E-state index contributed by atoms with van der Waals surface area (Å²) in [5.41, 5.74) is 8.50. The lowest BCUT2D eigenvalue weighted by Gasteiger charge is -2.27. The van der Waals surface area contributed by atoms with Crippen LogP contribution < -0.4 is 5.73 Å². The van der Waals surface area contributed by atoms with Crippen molar-refractivity contribution in [1.82, 2.24) is 4.90 Å². The van der Waals surface area contributed by atoms with Gasteiger partial charge in [-0.1, -0.05) is 29.8 Å². The van der Waals surface area contributed by atoms with Gasteiger partial charge in [0.05, 0.1) is 0 Å². The van der Waals surface area contributed by atoms with Crippen LogP contribution in [0.1, 0.15) is 36.4 Å². The molecule has 2 nitrogen and oxygen atoms in total. The predicted octanol–water partition coefficient (Wildman–Crippen LogP) is 2.48. The molecule has 0 spiro atoms. The van der Waals surface area contributed by atoms with Crippen LogP contribution in [0.15, 0.2) is 24.3 Å². The van der Waals surface area contributed by atoms with Crippen molar-refractivity contribution in [2.24, 2.45) is 5.73 Å². The lowest BCUT2D eigenvalue weighted by Crippen LogP contribution is -2.27. The number of hydrogen-bond donors (Lipinski definition) is 1. The molecule has 16 heavy (non-hydrogen) atoms. The largest absolute Gasteiger partial charge is 0.330 e. The molecule has 0 radical (unpaired) electrons. The zero-order valence-corrected chi connectivity index (χ0v) is 10.2. The van der Waals surface area contributed by atoms with E-state index in [1.807, 2.05) is 0 Å². The number of rotatable bonds is 4. The molecule has 0 bridgehead atoms. The summed E-state index contributed by atoms with van der Waals surface area (Å²) < 4.78 is 0. The van der Waals surface area contributed by atoms with Crippen molar-refractivity contribution in [3.8, 4) is 0 Å². The Morgan fingerprint density at radius 2 is 1.81 bits per heavy atom. The Kier molecular flexibility index (Phi) is 3.97. The van der Waals surface area contributed by atoms with E-state index in [4.69, 9.17) is 5.73 Å². The first kappa shape index (κ1) is 11.6. The summed E-state index contributed by atoms with van der Waals surface area (Å²) in [5.74, 6) is 0. The fourth-order valence-electron chi connectivity index (χ4n) is 2.56. The summed E-state index contributed by atoms with van der Waals surface area (Å²) in [4.78, 5) is 2.58. The minimum Gasteiger partial charge on any atom is -0.330 e. The van der Waals surface area contributed by atoms with Crippen LogP contribution in [0.2, 0.25) is 0 Å². The molecule has 1 aliphatic rings. The molecule has 0 aliphatic carbocycles. The molecule has 1 heterocycles. The Bertz CT molecular complexity index is 312. The number of nitrogens with zero attached hydrogens (tertiary/aromatic N) is 1. The molecule has 1 aromatic rings. The first-order chi connectivity index (χ1) is 7.81. The molecular formula is C14H22N2. The minimum atomic E-state index is 0.535. The van der Waals surface area contributed by atoms with Crippen LogP contribution in [0, 0.1) is 6.92 Å². The number of likely N-dealkylation sites (tertiary alicyclic amines) is 1. The molecule has 0 amide bonds. The third-order valence-electron chi connectivity index (χ3n) is 3.48. The smallest absolute Gasteiger partial charge is 0.0360 e. The summed E-state index contributed by atoms with van der Waals surface area (Å²) >= 11 is 0. The summed E-state index contributed by atoms with van der Waals surface area (Å²) in [6.45, 7) is 5.38. The van der Waals surface area contributed by atoms with Crippen LogP contribution in [0.4, 0.5) is 0 Å².